The summed E-state index contributed by atoms with van der Waals surface area (Å²) >= 11 is 0. The summed E-state index contributed by atoms with van der Waals surface area (Å²) in [6.07, 6.45) is 2.30. The fourth-order valence-corrected chi connectivity index (χ4v) is 3.51. The van der Waals surface area contributed by atoms with Gasteiger partial charge in [0.1, 0.15) is 48.8 Å². The van der Waals surface area contributed by atoms with E-state index in [0.717, 1.165) is 16.9 Å². The molecule has 0 saturated carbocycles. The van der Waals surface area contributed by atoms with Crippen molar-refractivity contribution in [3.8, 4) is 23.0 Å². The summed E-state index contributed by atoms with van der Waals surface area (Å²) in [5, 5.41) is 0. The lowest BCUT2D eigenvalue weighted by atomic mass is 10.1. The van der Waals surface area contributed by atoms with Gasteiger partial charge < -0.3 is 33.2 Å². The highest BCUT2D eigenvalue weighted by atomic mass is 17.2. The van der Waals surface area contributed by atoms with E-state index in [4.69, 9.17) is 42.9 Å². The van der Waals surface area contributed by atoms with E-state index < -0.39 is 5.97 Å². The predicted octanol–water partition coefficient (Wildman–Crippen LogP) is 6.14. The normalized spacial score (nSPS) is 10.6. The maximum Gasteiger partial charge on any atom is 0.343 e. The van der Waals surface area contributed by atoms with Crippen LogP contribution in [0.1, 0.15) is 27.9 Å². The maximum atomic E-state index is 12.7. The highest BCUT2D eigenvalue weighted by Crippen LogP contribution is 2.25. The van der Waals surface area contributed by atoms with E-state index in [2.05, 4.69) is 13.2 Å². The van der Waals surface area contributed by atoms with Crippen LogP contribution in [0.4, 0.5) is 0 Å². The van der Waals surface area contributed by atoms with Crippen LogP contribution < -0.4 is 18.9 Å². The molecule has 43 heavy (non-hydrogen) atoms. The molecule has 0 aliphatic carbocycles. The highest BCUT2D eigenvalue weighted by molar-refractivity contribution is 5.91. The number of ether oxygens (including phenoxy) is 7. The molecule has 230 valence electrons. The molecule has 0 aliphatic heterocycles. The number of hydrogen-bond acceptors (Lipinski definition) is 10. The van der Waals surface area contributed by atoms with E-state index in [0.29, 0.717) is 68.0 Å². The third kappa shape index (κ3) is 12.2. The van der Waals surface area contributed by atoms with Crippen molar-refractivity contribution in [1.82, 2.24) is 0 Å². The van der Waals surface area contributed by atoms with E-state index >= 15 is 0 Å². The Balaban J connectivity index is 1.38. The summed E-state index contributed by atoms with van der Waals surface area (Å²) in [6.45, 7) is 11.5. The third-order valence-electron chi connectivity index (χ3n) is 5.68. The molecule has 3 rings (SSSR count). The van der Waals surface area contributed by atoms with E-state index in [1.54, 1.807) is 67.8 Å². The molecule has 0 amide bonds. The molecular formula is C33H38O10. The molecule has 0 bridgehead atoms. The van der Waals surface area contributed by atoms with E-state index in [-0.39, 0.29) is 13.6 Å². The molecule has 10 nitrogen and oxygen atoms in total. The van der Waals surface area contributed by atoms with Crippen molar-refractivity contribution in [2.24, 2.45) is 0 Å². The monoisotopic (exact) mass is 594 g/mol. The number of carbonyl (C=O) groups is 1. The quantitative estimate of drug-likeness (QED) is 0.0209. The van der Waals surface area contributed by atoms with Crippen molar-refractivity contribution in [2.75, 3.05) is 53.7 Å². The molecule has 0 heterocycles. The number of aryl methyl sites for hydroxylation is 1. The smallest absolute Gasteiger partial charge is 0.343 e. The van der Waals surface area contributed by atoms with Crippen molar-refractivity contribution in [3.05, 3.63) is 103 Å². The maximum absolute atomic E-state index is 12.7. The zero-order valence-electron chi connectivity index (χ0n) is 24.6. The Hall–Kier alpha value is -4.35. The van der Waals surface area contributed by atoms with Gasteiger partial charge in [-0.15, -0.1) is 6.58 Å². The fourth-order valence-electron chi connectivity index (χ4n) is 3.51. The zero-order chi connectivity index (χ0) is 30.7. The fraction of sp³-hybridized carbons (Fsp3) is 0.303. The van der Waals surface area contributed by atoms with Crippen molar-refractivity contribution >= 4 is 11.7 Å². The summed E-state index contributed by atoms with van der Waals surface area (Å²) in [4.78, 5) is 22.5. The minimum Gasteiger partial charge on any atom is -0.494 e. The number of carbonyl (C=O) groups excluding carboxylic acids is 1. The van der Waals surface area contributed by atoms with Gasteiger partial charge in [0.05, 0.1) is 25.4 Å². The average Bonchev–Trinajstić information content (AvgIpc) is 3.02. The Bertz CT molecular complexity index is 1270. The molecule has 10 heteroatoms. The van der Waals surface area contributed by atoms with Gasteiger partial charge in [-0.2, -0.15) is 0 Å². The summed E-state index contributed by atoms with van der Waals surface area (Å²) in [5.41, 5.74) is 1.93. The number of esters is 1. The van der Waals surface area contributed by atoms with Crippen LogP contribution in [0.3, 0.4) is 0 Å². The zero-order valence-corrected chi connectivity index (χ0v) is 24.6. The first-order valence-electron chi connectivity index (χ1n) is 13.7. The van der Waals surface area contributed by atoms with Gasteiger partial charge in [-0.1, -0.05) is 24.8 Å². The van der Waals surface area contributed by atoms with Gasteiger partial charge in [0.2, 0.25) is 6.79 Å². The van der Waals surface area contributed by atoms with Crippen LogP contribution in [-0.2, 0) is 24.0 Å². The van der Waals surface area contributed by atoms with Crippen LogP contribution >= 0.6 is 0 Å². The number of benzene rings is 3. The van der Waals surface area contributed by atoms with Crippen LogP contribution in [0.2, 0.25) is 0 Å². The van der Waals surface area contributed by atoms with Gasteiger partial charge in [-0.25, -0.2) is 14.6 Å². The first-order chi connectivity index (χ1) is 21.0. The van der Waals surface area contributed by atoms with Crippen molar-refractivity contribution in [1.29, 1.82) is 0 Å². The Morgan fingerprint density at radius 2 is 1.47 bits per heavy atom. The highest BCUT2D eigenvalue weighted by Gasteiger charge is 2.11. The van der Waals surface area contributed by atoms with Crippen LogP contribution in [0.5, 0.6) is 23.0 Å². The van der Waals surface area contributed by atoms with Gasteiger partial charge in [0, 0.05) is 19.1 Å². The third-order valence-corrected chi connectivity index (χ3v) is 5.68. The van der Waals surface area contributed by atoms with E-state index in [1.165, 1.54) is 0 Å². The molecule has 0 radical (unpaired) electrons. The van der Waals surface area contributed by atoms with Crippen molar-refractivity contribution in [2.45, 2.75) is 13.3 Å². The van der Waals surface area contributed by atoms with Crippen LogP contribution in [-0.4, -0.2) is 59.7 Å². The number of methoxy groups -OCH3 is 1. The molecular weight excluding hydrogens is 556 g/mol. The second-order valence-electron chi connectivity index (χ2n) is 8.96. The van der Waals surface area contributed by atoms with Gasteiger partial charge >= 0.3 is 5.97 Å². The summed E-state index contributed by atoms with van der Waals surface area (Å²) < 4.78 is 38.2. The van der Waals surface area contributed by atoms with Crippen molar-refractivity contribution in [3.63, 3.8) is 0 Å². The first kappa shape index (κ1) is 33.2. The second-order valence-corrected chi connectivity index (χ2v) is 8.96. The molecule has 3 aromatic rings. The molecule has 0 unspecified atom stereocenters. The number of rotatable bonds is 21. The minimum absolute atomic E-state index is 0.00373. The van der Waals surface area contributed by atoms with Crippen molar-refractivity contribution < 1.29 is 47.7 Å². The lowest BCUT2D eigenvalue weighted by molar-refractivity contribution is -0.287. The lowest BCUT2D eigenvalue weighted by Gasteiger charge is -2.13. The van der Waals surface area contributed by atoms with Crippen LogP contribution in [0.25, 0.3) is 5.76 Å². The minimum atomic E-state index is -0.485. The Labute approximate surface area is 252 Å². The summed E-state index contributed by atoms with van der Waals surface area (Å²) in [6, 6.07) is 19.2. The second kappa shape index (κ2) is 19.0. The molecule has 0 atom stereocenters. The average molecular weight is 595 g/mol. The molecule has 0 saturated heterocycles. The summed E-state index contributed by atoms with van der Waals surface area (Å²) in [7, 11) is 1.55. The SMILES string of the molecule is C=CCOOCCCOc1ccc(OCOc2ccc(OC(=O)c3ccc(C(=C)OCCOCOC)cc3)cc2C)cc1. The Morgan fingerprint density at radius 1 is 0.767 bits per heavy atom. The standard InChI is InChI=1S/C33H38O10/c1-5-17-41-42-19-6-18-38-29-11-13-30(14-12-29)39-24-40-32-16-15-31(22-25(32)2)43-33(34)28-9-7-27(8-10-28)26(3)37-21-20-36-23-35-4/h5,7-16,22H,1,3,6,17-21,23-24H2,2,4H3. The molecule has 3 aromatic carbocycles. The molecule has 0 N–H and O–H groups in total. The van der Waals surface area contributed by atoms with Gasteiger partial charge in [-0.3, -0.25) is 0 Å². The van der Waals surface area contributed by atoms with Gasteiger partial charge in [0.15, 0.2) is 0 Å². The van der Waals surface area contributed by atoms with Gasteiger partial charge in [0.25, 0.3) is 0 Å². The summed E-state index contributed by atoms with van der Waals surface area (Å²) in [5.74, 6) is 2.35. The molecule has 0 fully saturated rings. The van der Waals surface area contributed by atoms with E-state index in [9.17, 15) is 4.79 Å². The van der Waals surface area contributed by atoms with Gasteiger partial charge in [-0.05, 0) is 67.1 Å². The van der Waals surface area contributed by atoms with Crippen LogP contribution in [0, 0.1) is 6.92 Å². The molecule has 0 spiro atoms. The topological polar surface area (TPSA) is 100 Å². The Morgan fingerprint density at radius 3 is 2.16 bits per heavy atom. The van der Waals surface area contributed by atoms with E-state index in [1.807, 2.05) is 19.1 Å². The Kier molecular flexibility index (Phi) is 14.6. The van der Waals surface area contributed by atoms with Crippen LogP contribution in [0.15, 0.2) is 86.0 Å². The lowest BCUT2D eigenvalue weighted by Crippen LogP contribution is -2.10. The largest absolute Gasteiger partial charge is 0.494 e. The molecule has 0 aromatic heterocycles. The molecule has 0 aliphatic rings. The predicted molar refractivity (Wildman–Crippen MR) is 160 cm³/mol. The number of hydrogen-bond donors (Lipinski definition) is 0. The first-order valence-corrected chi connectivity index (χ1v) is 13.7.